The maximum Gasteiger partial charge on any atom is -0.0103 e. The molecule has 0 aromatic carbocycles. The van der Waals surface area contributed by atoms with Crippen molar-refractivity contribution in [3.05, 3.63) is 12.3 Å². The summed E-state index contributed by atoms with van der Waals surface area (Å²) in [7, 11) is 0. The number of unbranched alkanes of at least 4 members (excludes halogenated alkanes) is 23. The van der Waals surface area contributed by atoms with Gasteiger partial charge in [-0.15, -0.1) is 0 Å². The van der Waals surface area contributed by atoms with Crippen molar-refractivity contribution in [2.45, 2.75) is 161 Å². The molecule has 0 fully saturated rings. The molecule has 0 saturated heterocycles. The van der Waals surface area contributed by atoms with E-state index in [4.69, 9.17) is 5.73 Å². The predicted octanol–water partition coefficient (Wildman–Crippen LogP) is 9.84. The molecule has 0 spiro atoms. The first-order valence-corrected chi connectivity index (χ1v) is 13.3. The Hall–Kier alpha value is -0.460. The number of hydrogen-bond acceptors (Lipinski definition) is 1. The van der Waals surface area contributed by atoms with Crippen molar-refractivity contribution in [2.75, 3.05) is 0 Å². The summed E-state index contributed by atoms with van der Waals surface area (Å²) in [6.07, 6.45) is 38.4. The van der Waals surface area contributed by atoms with Crippen molar-refractivity contribution >= 4 is 0 Å². The van der Waals surface area contributed by atoms with Crippen LogP contribution in [0.2, 0.25) is 0 Å². The Kier molecular flexibility index (Phi) is 26.1. The summed E-state index contributed by atoms with van der Waals surface area (Å²) in [6, 6.07) is 0. The first kappa shape index (κ1) is 27.5. The van der Waals surface area contributed by atoms with Gasteiger partial charge in [-0.25, -0.2) is 0 Å². The molecule has 0 aliphatic heterocycles. The van der Waals surface area contributed by atoms with E-state index < -0.39 is 0 Å². The van der Waals surface area contributed by atoms with Crippen molar-refractivity contribution in [1.29, 1.82) is 0 Å². The average Bonchev–Trinajstić information content (AvgIpc) is 2.71. The molecule has 0 saturated carbocycles. The van der Waals surface area contributed by atoms with Gasteiger partial charge in [0.15, 0.2) is 0 Å². The minimum absolute atomic E-state index is 1.16. The minimum Gasteiger partial charge on any atom is -0.405 e. The van der Waals surface area contributed by atoms with Gasteiger partial charge in [-0.2, -0.15) is 0 Å². The summed E-state index contributed by atoms with van der Waals surface area (Å²) in [5.41, 5.74) is 5.34. The summed E-state index contributed by atoms with van der Waals surface area (Å²) in [6.45, 7) is 2.30. The van der Waals surface area contributed by atoms with E-state index in [1.807, 2.05) is 0 Å². The second-order valence-electron chi connectivity index (χ2n) is 9.00. The van der Waals surface area contributed by atoms with Crippen LogP contribution in [0.1, 0.15) is 161 Å². The van der Waals surface area contributed by atoms with Gasteiger partial charge in [0, 0.05) is 0 Å². The van der Waals surface area contributed by atoms with Gasteiger partial charge in [0.05, 0.1) is 0 Å². The molecule has 0 aliphatic carbocycles. The normalized spacial score (nSPS) is 11.6. The van der Waals surface area contributed by atoms with E-state index in [1.54, 1.807) is 6.20 Å². The molecular weight excluding hydrogens is 338 g/mol. The SMILES string of the molecule is CCCCCCCCCCCCCCCCCCCCCCCCC/C=C/N. The van der Waals surface area contributed by atoms with Crippen LogP contribution in [0.3, 0.4) is 0 Å². The van der Waals surface area contributed by atoms with Crippen LogP contribution in [0.5, 0.6) is 0 Å². The van der Waals surface area contributed by atoms with Crippen molar-refractivity contribution in [3.63, 3.8) is 0 Å². The third-order valence-corrected chi connectivity index (χ3v) is 6.11. The van der Waals surface area contributed by atoms with Crippen LogP contribution in [0.15, 0.2) is 12.3 Å². The van der Waals surface area contributed by atoms with Crippen LogP contribution in [0, 0.1) is 0 Å². The molecule has 168 valence electrons. The molecule has 0 heterocycles. The first-order chi connectivity index (χ1) is 13.9. The van der Waals surface area contributed by atoms with Crippen LogP contribution in [0.25, 0.3) is 0 Å². The monoisotopic (exact) mass is 393 g/mol. The van der Waals surface area contributed by atoms with Gasteiger partial charge in [-0.05, 0) is 19.0 Å². The van der Waals surface area contributed by atoms with E-state index in [9.17, 15) is 0 Å². The molecule has 1 nitrogen and oxygen atoms in total. The third-order valence-electron chi connectivity index (χ3n) is 6.11. The van der Waals surface area contributed by atoms with Crippen molar-refractivity contribution in [3.8, 4) is 0 Å². The van der Waals surface area contributed by atoms with E-state index >= 15 is 0 Å². The summed E-state index contributed by atoms with van der Waals surface area (Å²) in [5, 5.41) is 0. The third kappa shape index (κ3) is 25.5. The van der Waals surface area contributed by atoms with E-state index in [0.29, 0.717) is 0 Å². The van der Waals surface area contributed by atoms with Crippen LogP contribution >= 0.6 is 0 Å². The molecule has 0 atom stereocenters. The van der Waals surface area contributed by atoms with Gasteiger partial charge in [-0.3, -0.25) is 0 Å². The Morgan fingerprint density at radius 3 is 0.893 bits per heavy atom. The fraction of sp³-hybridized carbons (Fsp3) is 0.926. The summed E-state index contributed by atoms with van der Waals surface area (Å²) >= 11 is 0. The van der Waals surface area contributed by atoms with Crippen LogP contribution < -0.4 is 5.73 Å². The summed E-state index contributed by atoms with van der Waals surface area (Å²) in [4.78, 5) is 0. The second kappa shape index (κ2) is 26.5. The lowest BCUT2D eigenvalue weighted by Crippen LogP contribution is -1.84. The summed E-state index contributed by atoms with van der Waals surface area (Å²) < 4.78 is 0. The molecule has 0 aromatic rings. The van der Waals surface area contributed by atoms with Gasteiger partial charge in [0.2, 0.25) is 0 Å². The minimum atomic E-state index is 1.16. The predicted molar refractivity (Wildman–Crippen MR) is 130 cm³/mol. The molecule has 0 rings (SSSR count). The van der Waals surface area contributed by atoms with Gasteiger partial charge in [0.1, 0.15) is 0 Å². The summed E-state index contributed by atoms with van der Waals surface area (Å²) in [5.74, 6) is 0. The molecule has 0 unspecified atom stereocenters. The highest BCUT2D eigenvalue weighted by molar-refractivity contribution is 4.74. The Bertz CT molecular complexity index is 284. The second-order valence-corrected chi connectivity index (χ2v) is 9.00. The number of allylic oxidation sites excluding steroid dienone is 1. The van der Waals surface area contributed by atoms with Gasteiger partial charge in [-0.1, -0.05) is 154 Å². The zero-order chi connectivity index (χ0) is 20.4. The molecule has 2 N–H and O–H groups in total. The lowest BCUT2D eigenvalue weighted by Gasteiger charge is -2.04. The van der Waals surface area contributed by atoms with Gasteiger partial charge < -0.3 is 5.73 Å². The number of nitrogens with two attached hydrogens (primary N) is 1. The molecular formula is C27H55N. The Labute approximate surface area is 179 Å². The van der Waals surface area contributed by atoms with E-state index in [1.165, 1.54) is 148 Å². The smallest absolute Gasteiger partial charge is 0.0103 e. The standard InChI is InChI=1S/C27H55N/c1-2-3-4-5-6-7-8-9-10-11-12-13-14-15-16-17-18-19-20-21-22-23-24-25-26-27-28/h26-27H,2-25,28H2,1H3/b27-26+. The fourth-order valence-corrected chi connectivity index (χ4v) is 4.14. The lowest BCUT2D eigenvalue weighted by atomic mass is 10.0. The van der Waals surface area contributed by atoms with Crippen LogP contribution in [0.4, 0.5) is 0 Å². The Balaban J connectivity index is 2.98. The Morgan fingerprint density at radius 1 is 0.393 bits per heavy atom. The number of hydrogen-bond donors (Lipinski definition) is 1. The quantitative estimate of drug-likeness (QED) is 0.162. The molecule has 1 heteroatoms. The average molecular weight is 394 g/mol. The maximum absolute atomic E-state index is 5.34. The zero-order valence-electron chi connectivity index (χ0n) is 19.7. The molecule has 0 amide bonds. The van der Waals surface area contributed by atoms with Gasteiger partial charge in [0.25, 0.3) is 0 Å². The number of rotatable bonds is 24. The van der Waals surface area contributed by atoms with Crippen LogP contribution in [-0.4, -0.2) is 0 Å². The van der Waals surface area contributed by atoms with E-state index in [0.717, 1.165) is 6.42 Å². The van der Waals surface area contributed by atoms with Crippen molar-refractivity contribution in [1.82, 2.24) is 0 Å². The topological polar surface area (TPSA) is 26.0 Å². The van der Waals surface area contributed by atoms with Crippen molar-refractivity contribution < 1.29 is 0 Å². The largest absolute Gasteiger partial charge is 0.405 e. The van der Waals surface area contributed by atoms with Crippen LogP contribution in [-0.2, 0) is 0 Å². The van der Waals surface area contributed by atoms with Gasteiger partial charge >= 0.3 is 0 Å². The highest BCUT2D eigenvalue weighted by Gasteiger charge is 1.95. The highest BCUT2D eigenvalue weighted by atomic mass is 14.5. The van der Waals surface area contributed by atoms with E-state index in [-0.39, 0.29) is 0 Å². The zero-order valence-corrected chi connectivity index (χ0v) is 19.7. The van der Waals surface area contributed by atoms with Crippen molar-refractivity contribution in [2.24, 2.45) is 5.73 Å². The highest BCUT2D eigenvalue weighted by Crippen LogP contribution is 2.15. The molecule has 0 radical (unpaired) electrons. The Morgan fingerprint density at radius 2 is 0.643 bits per heavy atom. The molecule has 0 aromatic heterocycles. The molecule has 0 aliphatic rings. The lowest BCUT2D eigenvalue weighted by molar-refractivity contribution is 0.518. The van der Waals surface area contributed by atoms with E-state index in [2.05, 4.69) is 13.0 Å². The molecule has 28 heavy (non-hydrogen) atoms. The first-order valence-electron chi connectivity index (χ1n) is 13.3. The maximum atomic E-state index is 5.34. The molecule has 0 bridgehead atoms. The fourth-order valence-electron chi connectivity index (χ4n) is 4.14.